The molecule has 0 amide bonds. The normalized spacial score (nSPS) is 16.3. The smallest absolute Gasteiger partial charge is 0.303 e. The maximum absolute atomic E-state index is 10.7. The molecule has 0 spiro atoms. The number of aliphatic carboxylic acids is 1. The molecule has 2 heterocycles. The standard InChI is InChI=1S/C27H31NO3S/c1-20-6-15-26(32-20)23-11-7-21(8-12-23)18-22-9-13-25(14-10-22)31-19-24-4-2-16-28(24)17-3-5-27(29)30/h6-15,24H,2-5,16-19H2,1H3,(H,29,30)/t24-/m1/s1. The first-order chi connectivity index (χ1) is 15.6. The molecule has 1 atom stereocenters. The Morgan fingerprint density at radius 3 is 2.44 bits per heavy atom. The number of carboxylic acid groups (broad SMARTS) is 1. The van der Waals surface area contributed by atoms with Crippen LogP contribution in [0.5, 0.6) is 5.75 Å². The van der Waals surface area contributed by atoms with Gasteiger partial charge in [0.25, 0.3) is 0 Å². The Morgan fingerprint density at radius 2 is 1.78 bits per heavy atom. The van der Waals surface area contributed by atoms with E-state index in [2.05, 4.69) is 72.5 Å². The summed E-state index contributed by atoms with van der Waals surface area (Å²) in [6.45, 7) is 4.68. The summed E-state index contributed by atoms with van der Waals surface area (Å²) in [5.74, 6) is 0.181. The SMILES string of the molecule is Cc1ccc(-c2ccc(Cc3ccc(OC[C@H]4CCCN4CCCC(=O)O)cc3)cc2)s1. The van der Waals surface area contributed by atoms with E-state index in [4.69, 9.17) is 9.84 Å². The van der Waals surface area contributed by atoms with E-state index in [1.807, 2.05) is 11.3 Å². The van der Waals surface area contributed by atoms with Gasteiger partial charge in [-0.1, -0.05) is 36.4 Å². The molecule has 32 heavy (non-hydrogen) atoms. The first-order valence-corrected chi connectivity index (χ1v) is 12.2. The van der Waals surface area contributed by atoms with E-state index in [1.165, 1.54) is 26.4 Å². The number of hydrogen-bond donors (Lipinski definition) is 1. The fraction of sp³-hybridized carbons (Fsp3) is 0.370. The van der Waals surface area contributed by atoms with Crippen molar-refractivity contribution in [3.63, 3.8) is 0 Å². The van der Waals surface area contributed by atoms with Crippen molar-refractivity contribution in [1.82, 2.24) is 4.90 Å². The van der Waals surface area contributed by atoms with Crippen LogP contribution in [0.1, 0.15) is 41.7 Å². The number of nitrogens with zero attached hydrogens (tertiary/aromatic N) is 1. The van der Waals surface area contributed by atoms with Crippen LogP contribution in [0, 0.1) is 6.92 Å². The molecule has 4 nitrogen and oxygen atoms in total. The Labute approximate surface area is 194 Å². The molecular formula is C27H31NO3S. The molecular weight excluding hydrogens is 418 g/mol. The molecule has 1 aliphatic heterocycles. The minimum absolute atomic E-state index is 0.238. The number of hydrogen-bond acceptors (Lipinski definition) is 4. The summed E-state index contributed by atoms with van der Waals surface area (Å²) in [6.07, 6.45) is 4.12. The lowest BCUT2D eigenvalue weighted by Gasteiger charge is -2.24. The Hall–Kier alpha value is -2.63. The molecule has 3 aromatic rings. The molecule has 1 fully saturated rings. The molecule has 0 saturated carbocycles. The van der Waals surface area contributed by atoms with Gasteiger partial charge in [0, 0.05) is 22.2 Å². The second-order valence-electron chi connectivity index (χ2n) is 8.57. The maximum atomic E-state index is 10.7. The van der Waals surface area contributed by atoms with Crippen LogP contribution in [0.4, 0.5) is 0 Å². The lowest BCUT2D eigenvalue weighted by Crippen LogP contribution is -2.35. The van der Waals surface area contributed by atoms with Crippen LogP contribution in [0.25, 0.3) is 10.4 Å². The molecule has 0 radical (unpaired) electrons. The number of benzene rings is 2. The molecule has 4 rings (SSSR count). The third kappa shape index (κ3) is 6.21. The van der Waals surface area contributed by atoms with Gasteiger partial charge in [-0.05, 0) is 86.7 Å². The van der Waals surface area contributed by atoms with E-state index in [-0.39, 0.29) is 6.42 Å². The Morgan fingerprint density at radius 1 is 1.06 bits per heavy atom. The van der Waals surface area contributed by atoms with E-state index in [0.29, 0.717) is 19.1 Å². The van der Waals surface area contributed by atoms with Crippen LogP contribution in [0.3, 0.4) is 0 Å². The minimum Gasteiger partial charge on any atom is -0.492 e. The van der Waals surface area contributed by atoms with Crippen molar-refractivity contribution in [3.05, 3.63) is 76.7 Å². The summed E-state index contributed by atoms with van der Waals surface area (Å²) in [5, 5.41) is 8.84. The van der Waals surface area contributed by atoms with Crippen molar-refractivity contribution in [2.24, 2.45) is 0 Å². The zero-order chi connectivity index (χ0) is 22.3. The molecule has 1 N–H and O–H groups in total. The Bertz CT molecular complexity index is 1010. The molecule has 1 aromatic heterocycles. The van der Waals surface area contributed by atoms with Crippen LogP contribution in [-0.2, 0) is 11.2 Å². The molecule has 5 heteroatoms. The second-order valence-corrected chi connectivity index (χ2v) is 9.86. The van der Waals surface area contributed by atoms with Crippen molar-refractivity contribution in [2.45, 2.75) is 45.1 Å². The highest BCUT2D eigenvalue weighted by Crippen LogP contribution is 2.28. The van der Waals surface area contributed by atoms with Gasteiger partial charge in [-0.3, -0.25) is 9.69 Å². The number of rotatable bonds is 10. The predicted molar refractivity (Wildman–Crippen MR) is 131 cm³/mol. The molecule has 0 aliphatic carbocycles. The van der Waals surface area contributed by atoms with Gasteiger partial charge in [-0.15, -0.1) is 11.3 Å². The summed E-state index contributed by atoms with van der Waals surface area (Å²) < 4.78 is 6.06. The van der Waals surface area contributed by atoms with Crippen LogP contribution in [0.2, 0.25) is 0 Å². The van der Waals surface area contributed by atoms with Gasteiger partial charge in [0.1, 0.15) is 12.4 Å². The van der Waals surface area contributed by atoms with Crippen LogP contribution in [-0.4, -0.2) is 41.7 Å². The third-order valence-electron chi connectivity index (χ3n) is 6.09. The number of ether oxygens (including phenoxy) is 1. The van der Waals surface area contributed by atoms with Gasteiger partial charge in [0.15, 0.2) is 0 Å². The van der Waals surface area contributed by atoms with E-state index >= 15 is 0 Å². The van der Waals surface area contributed by atoms with Crippen LogP contribution >= 0.6 is 11.3 Å². The second kappa shape index (κ2) is 10.8. The molecule has 0 unspecified atom stereocenters. The van der Waals surface area contributed by atoms with E-state index < -0.39 is 5.97 Å². The zero-order valence-electron chi connectivity index (χ0n) is 18.6. The van der Waals surface area contributed by atoms with Crippen LogP contribution < -0.4 is 4.74 Å². The quantitative estimate of drug-likeness (QED) is 0.411. The lowest BCUT2D eigenvalue weighted by atomic mass is 10.0. The molecule has 0 bridgehead atoms. The van der Waals surface area contributed by atoms with Crippen molar-refractivity contribution in [3.8, 4) is 16.2 Å². The third-order valence-corrected chi connectivity index (χ3v) is 7.14. The van der Waals surface area contributed by atoms with Gasteiger partial charge in [-0.2, -0.15) is 0 Å². The fourth-order valence-corrected chi connectivity index (χ4v) is 5.19. The van der Waals surface area contributed by atoms with Gasteiger partial charge in [0.2, 0.25) is 0 Å². The summed E-state index contributed by atoms with van der Waals surface area (Å²) in [5.41, 5.74) is 3.85. The van der Waals surface area contributed by atoms with Crippen molar-refractivity contribution >= 4 is 17.3 Å². The Balaban J connectivity index is 1.26. The highest BCUT2D eigenvalue weighted by molar-refractivity contribution is 7.15. The van der Waals surface area contributed by atoms with E-state index in [0.717, 1.165) is 38.1 Å². The fourth-order valence-electron chi connectivity index (χ4n) is 4.32. The lowest BCUT2D eigenvalue weighted by molar-refractivity contribution is -0.137. The van der Waals surface area contributed by atoms with Gasteiger partial charge in [-0.25, -0.2) is 0 Å². The van der Waals surface area contributed by atoms with Crippen molar-refractivity contribution < 1.29 is 14.6 Å². The van der Waals surface area contributed by atoms with Gasteiger partial charge >= 0.3 is 5.97 Å². The van der Waals surface area contributed by atoms with Crippen LogP contribution in [0.15, 0.2) is 60.7 Å². The number of carboxylic acids is 1. The highest BCUT2D eigenvalue weighted by Gasteiger charge is 2.24. The molecule has 2 aromatic carbocycles. The van der Waals surface area contributed by atoms with Crippen molar-refractivity contribution in [2.75, 3.05) is 19.7 Å². The first kappa shape index (κ1) is 22.6. The number of likely N-dealkylation sites (tertiary alicyclic amines) is 1. The summed E-state index contributed by atoms with van der Waals surface area (Å²) >= 11 is 1.83. The first-order valence-electron chi connectivity index (χ1n) is 11.4. The number of aryl methyl sites for hydroxylation is 1. The van der Waals surface area contributed by atoms with E-state index in [1.54, 1.807) is 0 Å². The summed E-state index contributed by atoms with van der Waals surface area (Å²) in [4.78, 5) is 15.8. The zero-order valence-corrected chi connectivity index (χ0v) is 19.4. The largest absolute Gasteiger partial charge is 0.492 e. The topological polar surface area (TPSA) is 49.8 Å². The molecule has 1 aliphatic rings. The predicted octanol–water partition coefficient (Wildman–Crippen LogP) is 6.02. The van der Waals surface area contributed by atoms with Crippen molar-refractivity contribution in [1.29, 1.82) is 0 Å². The average molecular weight is 450 g/mol. The highest BCUT2D eigenvalue weighted by atomic mass is 32.1. The molecule has 168 valence electrons. The number of thiophene rings is 1. The molecule has 1 saturated heterocycles. The maximum Gasteiger partial charge on any atom is 0.303 e. The van der Waals surface area contributed by atoms with Gasteiger partial charge in [0.05, 0.1) is 0 Å². The summed E-state index contributed by atoms with van der Waals surface area (Å²) in [6, 6.07) is 22.0. The average Bonchev–Trinajstić information content (AvgIpc) is 3.42. The minimum atomic E-state index is -0.717. The van der Waals surface area contributed by atoms with E-state index in [9.17, 15) is 4.79 Å². The monoisotopic (exact) mass is 449 g/mol. The van der Waals surface area contributed by atoms with Gasteiger partial charge < -0.3 is 9.84 Å². The summed E-state index contributed by atoms with van der Waals surface area (Å²) in [7, 11) is 0. The number of carbonyl (C=O) groups is 1. The Kier molecular flexibility index (Phi) is 7.61.